The van der Waals surface area contributed by atoms with Crippen molar-refractivity contribution in [2.24, 2.45) is 0 Å². The summed E-state index contributed by atoms with van der Waals surface area (Å²) in [6.45, 7) is 5.28. The predicted octanol–water partition coefficient (Wildman–Crippen LogP) is 1.24. The average molecular weight is 296 g/mol. The molecule has 0 unspecified atom stereocenters. The highest BCUT2D eigenvalue weighted by Gasteiger charge is 2.30. The maximum absolute atomic E-state index is 12.6. The molecule has 0 atom stereocenters. The summed E-state index contributed by atoms with van der Waals surface area (Å²) < 4.78 is 26.6. The molecule has 0 saturated carbocycles. The standard InChI is InChI=1S/C14H20N2O3S/c1-3-14(17)15-8-10-16(11-9-15)20(18,19)13-7-5-4-6-12(13)2/h4-7H,3,8-11H2,1-2H3. The fraction of sp³-hybridized carbons (Fsp3) is 0.500. The van der Waals surface area contributed by atoms with Crippen molar-refractivity contribution >= 4 is 15.9 Å². The number of hydrogen-bond acceptors (Lipinski definition) is 3. The van der Waals surface area contributed by atoms with E-state index < -0.39 is 10.0 Å². The number of piperazine rings is 1. The topological polar surface area (TPSA) is 57.7 Å². The highest BCUT2D eigenvalue weighted by molar-refractivity contribution is 7.89. The molecule has 0 spiro atoms. The summed E-state index contributed by atoms with van der Waals surface area (Å²) in [4.78, 5) is 13.7. The Labute approximate surface area is 120 Å². The van der Waals surface area contributed by atoms with Crippen molar-refractivity contribution in [3.63, 3.8) is 0 Å². The molecule has 2 rings (SSSR count). The van der Waals surface area contributed by atoms with E-state index in [0.29, 0.717) is 37.5 Å². The number of benzene rings is 1. The number of amides is 1. The number of rotatable bonds is 3. The third-order valence-electron chi connectivity index (χ3n) is 3.61. The van der Waals surface area contributed by atoms with Crippen molar-refractivity contribution in [1.82, 2.24) is 9.21 Å². The summed E-state index contributed by atoms with van der Waals surface area (Å²) in [5, 5.41) is 0. The number of carbonyl (C=O) groups is 1. The molecule has 0 aromatic heterocycles. The van der Waals surface area contributed by atoms with Crippen LogP contribution in [-0.2, 0) is 14.8 Å². The van der Waals surface area contributed by atoms with Crippen LogP contribution in [0.4, 0.5) is 0 Å². The summed E-state index contributed by atoms with van der Waals surface area (Å²) >= 11 is 0. The van der Waals surface area contributed by atoms with Crippen LogP contribution in [0, 0.1) is 6.92 Å². The smallest absolute Gasteiger partial charge is 0.243 e. The van der Waals surface area contributed by atoms with Gasteiger partial charge in [-0.3, -0.25) is 4.79 Å². The minimum Gasteiger partial charge on any atom is -0.340 e. The van der Waals surface area contributed by atoms with Crippen LogP contribution in [0.5, 0.6) is 0 Å². The van der Waals surface area contributed by atoms with Gasteiger partial charge in [0.05, 0.1) is 4.90 Å². The molecule has 0 aliphatic carbocycles. The van der Waals surface area contributed by atoms with Crippen molar-refractivity contribution in [3.05, 3.63) is 29.8 Å². The van der Waals surface area contributed by atoms with Crippen LogP contribution in [0.15, 0.2) is 29.2 Å². The Morgan fingerprint density at radius 2 is 1.75 bits per heavy atom. The Balaban J connectivity index is 2.14. The Morgan fingerprint density at radius 3 is 2.30 bits per heavy atom. The van der Waals surface area contributed by atoms with Gasteiger partial charge >= 0.3 is 0 Å². The van der Waals surface area contributed by atoms with Crippen LogP contribution in [0.2, 0.25) is 0 Å². The van der Waals surface area contributed by atoms with Crippen molar-refractivity contribution in [2.75, 3.05) is 26.2 Å². The maximum Gasteiger partial charge on any atom is 0.243 e. The zero-order valence-corrected chi connectivity index (χ0v) is 12.7. The summed E-state index contributed by atoms with van der Waals surface area (Å²) in [5.74, 6) is 0.0814. The first-order chi connectivity index (χ1) is 9.46. The van der Waals surface area contributed by atoms with Gasteiger partial charge in [-0.05, 0) is 18.6 Å². The van der Waals surface area contributed by atoms with Gasteiger partial charge in [-0.2, -0.15) is 4.31 Å². The molecule has 6 heteroatoms. The molecular formula is C14H20N2O3S. The average Bonchev–Trinajstić information content (AvgIpc) is 2.47. The monoisotopic (exact) mass is 296 g/mol. The van der Waals surface area contributed by atoms with E-state index in [-0.39, 0.29) is 5.91 Å². The van der Waals surface area contributed by atoms with E-state index in [4.69, 9.17) is 0 Å². The van der Waals surface area contributed by atoms with E-state index in [1.54, 1.807) is 30.0 Å². The van der Waals surface area contributed by atoms with Gasteiger partial charge in [-0.1, -0.05) is 25.1 Å². The third-order valence-corrected chi connectivity index (χ3v) is 5.66. The van der Waals surface area contributed by atoms with Crippen LogP contribution in [0.1, 0.15) is 18.9 Å². The largest absolute Gasteiger partial charge is 0.340 e. The summed E-state index contributed by atoms with van der Waals surface area (Å²) in [6.07, 6.45) is 0.463. The van der Waals surface area contributed by atoms with E-state index in [2.05, 4.69) is 0 Å². The minimum atomic E-state index is -3.45. The lowest BCUT2D eigenvalue weighted by Crippen LogP contribution is -2.50. The number of aryl methyl sites for hydroxylation is 1. The number of nitrogens with zero attached hydrogens (tertiary/aromatic N) is 2. The molecule has 1 aliphatic heterocycles. The van der Waals surface area contributed by atoms with E-state index in [9.17, 15) is 13.2 Å². The fourth-order valence-electron chi connectivity index (χ4n) is 2.39. The van der Waals surface area contributed by atoms with E-state index >= 15 is 0 Å². The molecule has 5 nitrogen and oxygen atoms in total. The first-order valence-corrected chi connectivity index (χ1v) is 8.24. The Kier molecular flexibility index (Phi) is 4.45. The van der Waals surface area contributed by atoms with Crippen LogP contribution >= 0.6 is 0 Å². The molecule has 110 valence electrons. The normalized spacial score (nSPS) is 17.2. The van der Waals surface area contributed by atoms with Gasteiger partial charge in [0.1, 0.15) is 0 Å². The quantitative estimate of drug-likeness (QED) is 0.843. The number of hydrogen-bond donors (Lipinski definition) is 0. The molecule has 0 radical (unpaired) electrons. The van der Waals surface area contributed by atoms with E-state index in [1.165, 1.54) is 4.31 Å². The Hall–Kier alpha value is -1.40. The predicted molar refractivity (Wildman–Crippen MR) is 76.8 cm³/mol. The molecule has 1 aromatic rings. The Morgan fingerprint density at radius 1 is 1.15 bits per heavy atom. The van der Waals surface area contributed by atoms with Crippen LogP contribution in [0.3, 0.4) is 0 Å². The van der Waals surface area contributed by atoms with E-state index in [0.717, 1.165) is 5.56 Å². The maximum atomic E-state index is 12.6. The first-order valence-electron chi connectivity index (χ1n) is 6.80. The fourth-order valence-corrected chi connectivity index (χ4v) is 4.03. The van der Waals surface area contributed by atoms with Crippen molar-refractivity contribution in [1.29, 1.82) is 0 Å². The second-order valence-electron chi connectivity index (χ2n) is 4.90. The van der Waals surface area contributed by atoms with Crippen LogP contribution < -0.4 is 0 Å². The van der Waals surface area contributed by atoms with Crippen molar-refractivity contribution in [3.8, 4) is 0 Å². The molecule has 0 N–H and O–H groups in total. The third kappa shape index (κ3) is 2.86. The first kappa shape index (κ1) is 15.0. The highest BCUT2D eigenvalue weighted by Crippen LogP contribution is 2.20. The second kappa shape index (κ2) is 5.93. The summed E-state index contributed by atoms with van der Waals surface area (Å²) in [7, 11) is -3.45. The lowest BCUT2D eigenvalue weighted by Gasteiger charge is -2.34. The van der Waals surface area contributed by atoms with Gasteiger partial charge in [0, 0.05) is 32.6 Å². The molecular weight excluding hydrogens is 276 g/mol. The van der Waals surface area contributed by atoms with Gasteiger partial charge in [0.15, 0.2) is 0 Å². The van der Waals surface area contributed by atoms with Gasteiger partial charge in [-0.25, -0.2) is 8.42 Å². The van der Waals surface area contributed by atoms with E-state index in [1.807, 2.05) is 13.0 Å². The summed E-state index contributed by atoms with van der Waals surface area (Å²) in [6, 6.07) is 6.99. The van der Waals surface area contributed by atoms with Gasteiger partial charge in [0.25, 0.3) is 0 Å². The molecule has 20 heavy (non-hydrogen) atoms. The molecule has 1 saturated heterocycles. The van der Waals surface area contributed by atoms with Gasteiger partial charge in [0.2, 0.25) is 15.9 Å². The molecule has 1 aliphatic rings. The zero-order chi connectivity index (χ0) is 14.8. The lowest BCUT2D eigenvalue weighted by atomic mass is 10.2. The summed E-state index contributed by atoms with van der Waals surface area (Å²) in [5.41, 5.74) is 0.750. The SMILES string of the molecule is CCC(=O)N1CCN(S(=O)(=O)c2ccccc2C)CC1. The minimum absolute atomic E-state index is 0.0814. The number of carbonyl (C=O) groups excluding carboxylic acids is 1. The molecule has 1 amide bonds. The molecule has 1 heterocycles. The highest BCUT2D eigenvalue weighted by atomic mass is 32.2. The van der Waals surface area contributed by atoms with Gasteiger partial charge < -0.3 is 4.90 Å². The number of sulfonamides is 1. The Bertz CT molecular complexity index is 590. The molecule has 0 bridgehead atoms. The second-order valence-corrected chi connectivity index (χ2v) is 6.81. The van der Waals surface area contributed by atoms with Crippen molar-refractivity contribution < 1.29 is 13.2 Å². The van der Waals surface area contributed by atoms with Crippen LogP contribution in [-0.4, -0.2) is 49.7 Å². The lowest BCUT2D eigenvalue weighted by molar-refractivity contribution is -0.132. The van der Waals surface area contributed by atoms with Gasteiger partial charge in [-0.15, -0.1) is 0 Å². The van der Waals surface area contributed by atoms with Crippen molar-refractivity contribution in [2.45, 2.75) is 25.2 Å². The zero-order valence-electron chi connectivity index (χ0n) is 11.9. The van der Waals surface area contributed by atoms with Crippen LogP contribution in [0.25, 0.3) is 0 Å². The molecule has 1 aromatic carbocycles. The molecule has 1 fully saturated rings.